The molecule has 0 saturated heterocycles. The van der Waals surface area contributed by atoms with Gasteiger partial charge in [0.25, 0.3) is 5.91 Å². The first-order chi connectivity index (χ1) is 14.5. The number of aromatic nitrogens is 3. The third kappa shape index (κ3) is 5.26. The third-order valence-corrected chi connectivity index (χ3v) is 4.94. The second kappa shape index (κ2) is 9.74. The monoisotopic (exact) mass is 429 g/mol. The van der Waals surface area contributed by atoms with Crippen molar-refractivity contribution in [3.63, 3.8) is 0 Å². The van der Waals surface area contributed by atoms with Gasteiger partial charge >= 0.3 is 5.97 Å². The van der Waals surface area contributed by atoms with E-state index in [2.05, 4.69) is 25.8 Å². The number of esters is 1. The maximum absolute atomic E-state index is 12.3. The van der Waals surface area contributed by atoms with E-state index in [9.17, 15) is 14.4 Å². The molecule has 0 aliphatic heterocycles. The Morgan fingerprint density at radius 3 is 2.83 bits per heavy atom. The SMILES string of the molecule is CCOC(=O)c1sc(NC(=O)CCNC(=O)c2cccc(-c3ncon3)c2)nc1C. The Labute approximate surface area is 175 Å². The van der Waals surface area contributed by atoms with Crippen LogP contribution in [0.2, 0.25) is 0 Å². The Bertz CT molecular complexity index is 1050. The molecule has 0 radical (unpaired) electrons. The lowest BCUT2D eigenvalue weighted by atomic mass is 10.1. The summed E-state index contributed by atoms with van der Waals surface area (Å²) in [5.41, 5.74) is 1.54. The third-order valence-electron chi connectivity index (χ3n) is 3.89. The number of nitrogens with one attached hydrogen (secondary N) is 2. The summed E-state index contributed by atoms with van der Waals surface area (Å²) < 4.78 is 9.66. The Balaban J connectivity index is 1.50. The zero-order chi connectivity index (χ0) is 21.5. The zero-order valence-corrected chi connectivity index (χ0v) is 17.1. The van der Waals surface area contributed by atoms with E-state index in [1.54, 1.807) is 38.1 Å². The molecule has 30 heavy (non-hydrogen) atoms. The van der Waals surface area contributed by atoms with Crippen molar-refractivity contribution in [3.8, 4) is 11.4 Å². The van der Waals surface area contributed by atoms with Gasteiger partial charge in [0.1, 0.15) is 4.88 Å². The summed E-state index contributed by atoms with van der Waals surface area (Å²) in [6.07, 6.45) is 1.25. The molecule has 10 nitrogen and oxygen atoms in total. The van der Waals surface area contributed by atoms with E-state index in [1.807, 2.05) is 0 Å². The van der Waals surface area contributed by atoms with Gasteiger partial charge < -0.3 is 19.9 Å². The van der Waals surface area contributed by atoms with E-state index in [0.29, 0.717) is 32.7 Å². The summed E-state index contributed by atoms with van der Waals surface area (Å²) in [7, 11) is 0. The van der Waals surface area contributed by atoms with Crippen molar-refractivity contribution in [3.05, 3.63) is 46.8 Å². The molecule has 0 unspecified atom stereocenters. The minimum atomic E-state index is -0.469. The smallest absolute Gasteiger partial charge is 0.350 e. The first kappa shape index (κ1) is 21.1. The molecule has 0 fully saturated rings. The van der Waals surface area contributed by atoms with Crippen molar-refractivity contribution in [2.75, 3.05) is 18.5 Å². The van der Waals surface area contributed by atoms with Crippen molar-refractivity contribution in [2.24, 2.45) is 0 Å². The summed E-state index contributed by atoms with van der Waals surface area (Å²) in [6.45, 7) is 3.77. The number of hydrogen-bond donors (Lipinski definition) is 2. The number of amides is 2. The quantitative estimate of drug-likeness (QED) is 0.521. The average Bonchev–Trinajstić information content (AvgIpc) is 3.38. The number of carbonyl (C=O) groups is 3. The molecule has 0 aliphatic carbocycles. The molecule has 2 N–H and O–H groups in total. The van der Waals surface area contributed by atoms with Crippen molar-refractivity contribution < 1.29 is 23.6 Å². The van der Waals surface area contributed by atoms with Crippen molar-refractivity contribution >= 4 is 34.3 Å². The van der Waals surface area contributed by atoms with Gasteiger partial charge in [0.05, 0.1) is 12.3 Å². The Kier molecular flexibility index (Phi) is 6.86. The van der Waals surface area contributed by atoms with Crippen LogP contribution in [0.4, 0.5) is 5.13 Å². The predicted octanol–water partition coefficient (Wildman–Crippen LogP) is 2.44. The Morgan fingerprint density at radius 2 is 2.10 bits per heavy atom. The molecule has 0 spiro atoms. The first-order valence-electron chi connectivity index (χ1n) is 9.07. The van der Waals surface area contributed by atoms with Gasteiger partial charge in [-0.1, -0.05) is 28.6 Å². The molecule has 0 aliphatic rings. The summed E-state index contributed by atoms with van der Waals surface area (Å²) in [6, 6.07) is 6.75. The Hall–Kier alpha value is -3.60. The van der Waals surface area contributed by atoms with Crippen LogP contribution in [0, 0.1) is 6.92 Å². The van der Waals surface area contributed by atoms with Gasteiger partial charge in [0.15, 0.2) is 5.13 Å². The van der Waals surface area contributed by atoms with Gasteiger partial charge in [-0.3, -0.25) is 9.59 Å². The molecule has 3 aromatic rings. The maximum Gasteiger partial charge on any atom is 0.350 e. The van der Waals surface area contributed by atoms with Crippen LogP contribution >= 0.6 is 11.3 Å². The van der Waals surface area contributed by atoms with Gasteiger partial charge in [-0.2, -0.15) is 4.98 Å². The molecule has 1 aromatic carbocycles. The lowest BCUT2D eigenvalue weighted by Crippen LogP contribution is -2.27. The van der Waals surface area contributed by atoms with Crippen LogP contribution in [0.1, 0.15) is 39.1 Å². The number of benzene rings is 1. The van der Waals surface area contributed by atoms with E-state index in [1.165, 1.54) is 6.39 Å². The van der Waals surface area contributed by atoms with Gasteiger partial charge in [-0.25, -0.2) is 9.78 Å². The number of carbonyl (C=O) groups excluding carboxylic acids is 3. The van der Waals surface area contributed by atoms with Crippen LogP contribution in [0.15, 0.2) is 35.2 Å². The Morgan fingerprint density at radius 1 is 1.27 bits per heavy atom. The maximum atomic E-state index is 12.3. The summed E-state index contributed by atoms with van der Waals surface area (Å²) in [4.78, 5) is 44.7. The number of thiazole rings is 1. The van der Waals surface area contributed by atoms with Gasteiger partial charge in [0.2, 0.25) is 18.1 Å². The molecule has 0 saturated carbocycles. The molecule has 11 heteroatoms. The number of ether oxygens (including phenoxy) is 1. The van der Waals surface area contributed by atoms with Gasteiger partial charge in [0, 0.05) is 24.1 Å². The second-order valence-corrected chi connectivity index (χ2v) is 7.04. The van der Waals surface area contributed by atoms with E-state index in [-0.39, 0.29) is 31.4 Å². The molecular formula is C19H19N5O5S. The molecule has 3 rings (SSSR count). The highest BCUT2D eigenvalue weighted by molar-refractivity contribution is 7.17. The topological polar surface area (TPSA) is 136 Å². The molecular weight excluding hydrogens is 410 g/mol. The normalized spacial score (nSPS) is 10.5. The highest BCUT2D eigenvalue weighted by Gasteiger charge is 2.17. The fraction of sp³-hybridized carbons (Fsp3) is 0.263. The molecule has 2 amide bonds. The largest absolute Gasteiger partial charge is 0.462 e. The molecule has 156 valence electrons. The van der Waals surface area contributed by atoms with Crippen molar-refractivity contribution in [1.82, 2.24) is 20.4 Å². The molecule has 0 atom stereocenters. The van der Waals surface area contributed by atoms with Crippen LogP contribution in [-0.2, 0) is 9.53 Å². The first-order valence-corrected chi connectivity index (χ1v) is 9.89. The molecule has 2 heterocycles. The van der Waals surface area contributed by atoms with Gasteiger partial charge in [-0.05, 0) is 26.0 Å². The molecule has 0 bridgehead atoms. The fourth-order valence-electron chi connectivity index (χ4n) is 2.51. The average molecular weight is 429 g/mol. The van der Waals surface area contributed by atoms with Crippen molar-refractivity contribution in [1.29, 1.82) is 0 Å². The van der Waals surface area contributed by atoms with Crippen LogP contribution in [-0.4, -0.2) is 46.1 Å². The number of hydrogen-bond acceptors (Lipinski definition) is 9. The highest BCUT2D eigenvalue weighted by Crippen LogP contribution is 2.23. The zero-order valence-electron chi connectivity index (χ0n) is 16.3. The lowest BCUT2D eigenvalue weighted by Gasteiger charge is -2.06. The second-order valence-electron chi connectivity index (χ2n) is 6.04. The summed E-state index contributed by atoms with van der Waals surface area (Å²) >= 11 is 1.05. The predicted molar refractivity (Wildman–Crippen MR) is 108 cm³/mol. The summed E-state index contributed by atoms with van der Waals surface area (Å²) in [5, 5.41) is 9.35. The molecule has 2 aromatic heterocycles. The minimum Gasteiger partial charge on any atom is -0.462 e. The number of aryl methyl sites for hydroxylation is 1. The number of anilines is 1. The minimum absolute atomic E-state index is 0.0453. The highest BCUT2D eigenvalue weighted by atomic mass is 32.1. The van der Waals surface area contributed by atoms with E-state index >= 15 is 0 Å². The van der Waals surface area contributed by atoms with E-state index < -0.39 is 5.97 Å². The fourth-order valence-corrected chi connectivity index (χ4v) is 3.38. The van der Waals surface area contributed by atoms with E-state index in [4.69, 9.17) is 9.26 Å². The van der Waals surface area contributed by atoms with Crippen LogP contribution in [0.5, 0.6) is 0 Å². The lowest BCUT2D eigenvalue weighted by molar-refractivity contribution is -0.116. The van der Waals surface area contributed by atoms with Crippen LogP contribution in [0.3, 0.4) is 0 Å². The van der Waals surface area contributed by atoms with Crippen molar-refractivity contribution in [2.45, 2.75) is 20.3 Å². The van der Waals surface area contributed by atoms with E-state index in [0.717, 1.165) is 11.3 Å². The summed E-state index contributed by atoms with van der Waals surface area (Å²) in [5.74, 6) is -0.754. The van der Waals surface area contributed by atoms with Gasteiger partial charge in [-0.15, -0.1) is 0 Å². The van der Waals surface area contributed by atoms with Crippen LogP contribution < -0.4 is 10.6 Å². The standard InChI is InChI=1S/C19H19N5O5S/c1-3-28-18(27)15-11(2)22-19(30-15)23-14(25)7-8-20-17(26)13-6-4-5-12(9-13)16-21-10-29-24-16/h4-6,9-10H,3,7-8H2,1-2H3,(H,20,26)(H,22,23,25). The van der Waals surface area contributed by atoms with Crippen LogP contribution in [0.25, 0.3) is 11.4 Å². The number of nitrogens with zero attached hydrogens (tertiary/aromatic N) is 3. The number of rotatable bonds is 8.